The van der Waals surface area contributed by atoms with Crippen molar-refractivity contribution in [3.63, 3.8) is 0 Å². The Kier molecular flexibility index (Phi) is 5.21. The van der Waals surface area contributed by atoms with Crippen molar-refractivity contribution in [2.24, 2.45) is 0 Å². The monoisotopic (exact) mass is 437 g/mol. The van der Waals surface area contributed by atoms with Gasteiger partial charge in [0.25, 0.3) is 11.8 Å². The van der Waals surface area contributed by atoms with Gasteiger partial charge in [-0.2, -0.15) is 0 Å². The number of halogens is 3. The van der Waals surface area contributed by atoms with Gasteiger partial charge >= 0.3 is 0 Å². The molecule has 0 radical (unpaired) electrons. The smallest absolute Gasteiger partial charge is 0.274 e. The molecule has 2 atom stereocenters. The lowest BCUT2D eigenvalue weighted by atomic mass is 10.1. The van der Waals surface area contributed by atoms with Gasteiger partial charge in [0, 0.05) is 43.5 Å². The van der Waals surface area contributed by atoms with Gasteiger partial charge in [-0.3, -0.25) is 14.4 Å². The lowest BCUT2D eigenvalue weighted by molar-refractivity contribution is 0.0588. The molecule has 1 fully saturated rings. The molecule has 1 aromatic heterocycles. The third-order valence-corrected chi connectivity index (χ3v) is 5.57. The fourth-order valence-electron chi connectivity index (χ4n) is 3.98. The molecule has 1 aromatic carbocycles. The van der Waals surface area contributed by atoms with Gasteiger partial charge in [-0.15, -0.1) is 0 Å². The number of fused-ring (bicyclic) bond motifs is 4. The average Bonchev–Trinajstić information content (AvgIpc) is 2.87. The maximum absolute atomic E-state index is 13.8. The molecule has 3 N–H and O–H groups in total. The number of hydrogen-bond donors (Lipinski definition) is 3. The van der Waals surface area contributed by atoms with E-state index in [0.29, 0.717) is 25.0 Å². The second kappa shape index (κ2) is 7.73. The number of aliphatic hydroxyl groups excluding tert-OH is 1. The second-order valence-corrected chi connectivity index (χ2v) is 7.60. The molecular formula is C20H18F3N3O5. The van der Waals surface area contributed by atoms with E-state index < -0.39 is 64.2 Å². The molecule has 2 aromatic rings. The van der Waals surface area contributed by atoms with Crippen LogP contribution in [0.5, 0.6) is 5.75 Å². The number of aliphatic hydroxyl groups is 1. The number of carbonyl (C=O) groups excluding carboxylic acids is 2. The number of benzene rings is 1. The molecule has 2 aliphatic rings. The highest BCUT2D eigenvalue weighted by atomic mass is 19.1. The minimum Gasteiger partial charge on any atom is -0.503 e. The zero-order valence-corrected chi connectivity index (χ0v) is 16.1. The van der Waals surface area contributed by atoms with Gasteiger partial charge in [-0.05, 0) is 12.8 Å². The third kappa shape index (κ3) is 3.65. The quantitative estimate of drug-likeness (QED) is 0.665. The van der Waals surface area contributed by atoms with Gasteiger partial charge in [0.1, 0.15) is 23.0 Å². The zero-order valence-electron chi connectivity index (χ0n) is 16.1. The van der Waals surface area contributed by atoms with Gasteiger partial charge in [0.05, 0.1) is 12.1 Å². The predicted octanol–water partition coefficient (Wildman–Crippen LogP) is 1.05. The van der Waals surface area contributed by atoms with Crippen molar-refractivity contribution >= 4 is 11.8 Å². The normalized spacial score (nSPS) is 20.3. The summed E-state index contributed by atoms with van der Waals surface area (Å²) in [6.45, 7) is -0.362. The first kappa shape index (κ1) is 20.9. The van der Waals surface area contributed by atoms with Crippen LogP contribution in [0.25, 0.3) is 0 Å². The number of nitrogens with zero attached hydrogens (tertiary/aromatic N) is 2. The molecule has 11 heteroatoms. The van der Waals surface area contributed by atoms with Crippen molar-refractivity contribution in [2.75, 3.05) is 13.1 Å². The van der Waals surface area contributed by atoms with Crippen LogP contribution < -0.4 is 10.7 Å². The molecule has 2 amide bonds. The highest BCUT2D eigenvalue weighted by Crippen LogP contribution is 2.32. The van der Waals surface area contributed by atoms with E-state index >= 15 is 0 Å². The maximum Gasteiger partial charge on any atom is 0.274 e. The third-order valence-electron chi connectivity index (χ3n) is 5.57. The van der Waals surface area contributed by atoms with Crippen LogP contribution in [-0.4, -0.2) is 50.7 Å². The van der Waals surface area contributed by atoms with Crippen LogP contribution in [0.15, 0.2) is 23.1 Å². The van der Waals surface area contributed by atoms with E-state index in [9.17, 15) is 37.8 Å². The first-order valence-electron chi connectivity index (χ1n) is 9.54. The van der Waals surface area contributed by atoms with Crippen molar-refractivity contribution in [3.8, 4) is 5.75 Å². The van der Waals surface area contributed by atoms with Gasteiger partial charge in [0.15, 0.2) is 11.4 Å². The van der Waals surface area contributed by atoms with E-state index in [0.717, 1.165) is 6.20 Å². The summed E-state index contributed by atoms with van der Waals surface area (Å²) in [6.07, 6.45) is 1.20. The highest BCUT2D eigenvalue weighted by Gasteiger charge is 2.38. The maximum atomic E-state index is 13.8. The summed E-state index contributed by atoms with van der Waals surface area (Å²) in [5, 5.41) is 22.5. The van der Waals surface area contributed by atoms with Crippen LogP contribution in [-0.2, 0) is 6.54 Å². The summed E-state index contributed by atoms with van der Waals surface area (Å²) in [6, 6.07) is 0.541. The Hall–Kier alpha value is -3.34. The lowest BCUT2D eigenvalue weighted by Crippen LogP contribution is -2.45. The minimum atomic E-state index is -1.20. The van der Waals surface area contributed by atoms with E-state index in [4.69, 9.17) is 0 Å². The van der Waals surface area contributed by atoms with Crippen molar-refractivity contribution in [3.05, 3.63) is 62.8 Å². The summed E-state index contributed by atoms with van der Waals surface area (Å²) in [4.78, 5) is 39.1. The molecule has 2 aliphatic heterocycles. The van der Waals surface area contributed by atoms with Gasteiger partial charge in [-0.1, -0.05) is 0 Å². The highest BCUT2D eigenvalue weighted by molar-refractivity contribution is 5.99. The average molecular weight is 437 g/mol. The van der Waals surface area contributed by atoms with Crippen LogP contribution in [0.4, 0.5) is 13.2 Å². The summed E-state index contributed by atoms with van der Waals surface area (Å²) in [5.74, 6) is -6.11. The molecule has 2 bridgehead atoms. The standard InChI is InChI=1S/C20H18F3N3O5/c21-9-3-14(22)12(15(23)4-9)5-24-19(30)13-8-26-10-1-2-11(27)7-25(6-10)20(31)16(26)18(29)17(13)28/h3-4,8,10-11,27,29H,1-2,5-7H2,(H,24,30)/t10-,11+/m0/s1. The molecule has 0 spiro atoms. The van der Waals surface area contributed by atoms with E-state index in [2.05, 4.69) is 5.32 Å². The van der Waals surface area contributed by atoms with Crippen LogP contribution in [0.3, 0.4) is 0 Å². The molecule has 3 heterocycles. The fraction of sp³-hybridized carbons (Fsp3) is 0.350. The molecule has 8 nitrogen and oxygen atoms in total. The summed E-state index contributed by atoms with van der Waals surface area (Å²) in [7, 11) is 0. The predicted molar refractivity (Wildman–Crippen MR) is 100 cm³/mol. The fourth-order valence-corrected chi connectivity index (χ4v) is 3.98. The number of nitrogens with one attached hydrogen (secondary N) is 1. The minimum absolute atomic E-state index is 0.0694. The van der Waals surface area contributed by atoms with E-state index in [-0.39, 0.29) is 24.8 Å². The number of amides is 2. The molecule has 0 unspecified atom stereocenters. The Morgan fingerprint density at radius 1 is 1.13 bits per heavy atom. The van der Waals surface area contributed by atoms with Crippen molar-refractivity contribution in [2.45, 2.75) is 31.5 Å². The number of aromatic hydroxyl groups is 1. The van der Waals surface area contributed by atoms with Gasteiger partial charge in [0.2, 0.25) is 5.43 Å². The second-order valence-electron chi connectivity index (χ2n) is 7.60. The van der Waals surface area contributed by atoms with E-state index in [1.165, 1.54) is 9.47 Å². The molecule has 164 valence electrons. The number of carbonyl (C=O) groups is 2. The first-order chi connectivity index (χ1) is 14.7. The van der Waals surface area contributed by atoms with Crippen molar-refractivity contribution in [1.29, 1.82) is 0 Å². The number of pyridine rings is 1. The SMILES string of the molecule is O=C(NCc1c(F)cc(F)cc1F)c1cn2c(c(O)c1=O)C(=O)N1C[C@H](O)CC[C@H]2C1. The summed E-state index contributed by atoms with van der Waals surface area (Å²) < 4.78 is 41.9. The van der Waals surface area contributed by atoms with E-state index in [1.54, 1.807) is 0 Å². The van der Waals surface area contributed by atoms with Crippen LogP contribution in [0, 0.1) is 17.5 Å². The summed E-state index contributed by atoms with van der Waals surface area (Å²) >= 11 is 0. The van der Waals surface area contributed by atoms with Crippen LogP contribution in [0.2, 0.25) is 0 Å². The topological polar surface area (TPSA) is 112 Å². The lowest BCUT2D eigenvalue weighted by Gasteiger charge is -2.34. The Balaban J connectivity index is 1.67. The van der Waals surface area contributed by atoms with Gasteiger partial charge < -0.3 is 25.0 Å². The zero-order chi connectivity index (χ0) is 22.4. The molecule has 4 rings (SSSR count). The first-order valence-corrected chi connectivity index (χ1v) is 9.54. The molecule has 0 saturated carbocycles. The summed E-state index contributed by atoms with van der Waals surface area (Å²) in [5.41, 5.74) is -2.50. The number of hydrogen-bond acceptors (Lipinski definition) is 5. The van der Waals surface area contributed by atoms with Crippen LogP contribution >= 0.6 is 0 Å². The largest absolute Gasteiger partial charge is 0.503 e. The Morgan fingerprint density at radius 3 is 2.48 bits per heavy atom. The van der Waals surface area contributed by atoms with Gasteiger partial charge in [-0.25, -0.2) is 13.2 Å². The molecular weight excluding hydrogens is 419 g/mol. The van der Waals surface area contributed by atoms with E-state index in [1.807, 2.05) is 0 Å². The number of aromatic nitrogens is 1. The molecule has 31 heavy (non-hydrogen) atoms. The Morgan fingerprint density at radius 2 is 1.81 bits per heavy atom. The Labute approximate surface area is 173 Å². The number of rotatable bonds is 3. The van der Waals surface area contributed by atoms with Crippen molar-refractivity contribution < 1.29 is 33.0 Å². The molecule has 1 saturated heterocycles. The van der Waals surface area contributed by atoms with Crippen LogP contribution in [0.1, 0.15) is 45.3 Å². The van der Waals surface area contributed by atoms with Crippen molar-refractivity contribution in [1.82, 2.24) is 14.8 Å². The molecule has 0 aliphatic carbocycles. The Bertz CT molecular complexity index is 1130.